The van der Waals surface area contributed by atoms with Crippen LogP contribution in [0.5, 0.6) is 0 Å². The summed E-state index contributed by atoms with van der Waals surface area (Å²) in [6, 6.07) is 7.01. The molecule has 0 aliphatic heterocycles. The fourth-order valence-electron chi connectivity index (χ4n) is 4.71. The maximum absolute atomic E-state index is 11.8. The van der Waals surface area contributed by atoms with Gasteiger partial charge in [0.15, 0.2) is 0 Å². The third-order valence-corrected chi connectivity index (χ3v) is 6.08. The maximum Gasteiger partial charge on any atom is 0.309 e. The molecule has 3 nitrogen and oxygen atoms in total. The Morgan fingerprint density at radius 2 is 2.18 bits per heavy atom. The Kier molecular flexibility index (Phi) is 4.02. The van der Waals surface area contributed by atoms with Crippen molar-refractivity contribution in [1.29, 1.82) is 0 Å². The van der Waals surface area contributed by atoms with E-state index in [1.54, 1.807) is 0 Å². The van der Waals surface area contributed by atoms with Crippen LogP contribution in [0.15, 0.2) is 18.2 Å². The van der Waals surface area contributed by atoms with Crippen LogP contribution in [0, 0.1) is 25.2 Å². The molecule has 0 amide bonds. The van der Waals surface area contributed by atoms with Crippen LogP contribution in [0.2, 0.25) is 0 Å². The molecule has 3 unspecified atom stereocenters. The molecule has 0 spiro atoms. The molecule has 2 aliphatic carbocycles. The highest BCUT2D eigenvalue weighted by Gasteiger charge is 2.55. The van der Waals surface area contributed by atoms with Crippen molar-refractivity contribution in [2.24, 2.45) is 11.3 Å². The average molecular weight is 301 g/mol. The van der Waals surface area contributed by atoms with E-state index in [2.05, 4.69) is 44.0 Å². The van der Waals surface area contributed by atoms with Gasteiger partial charge in [-0.05, 0) is 63.6 Å². The fourth-order valence-corrected chi connectivity index (χ4v) is 4.71. The monoisotopic (exact) mass is 301 g/mol. The molecule has 3 rings (SSSR count). The minimum atomic E-state index is -0.558. The van der Waals surface area contributed by atoms with Gasteiger partial charge >= 0.3 is 5.97 Å². The number of carboxylic acids is 1. The van der Waals surface area contributed by atoms with Crippen LogP contribution < -0.4 is 0 Å². The number of nitrogens with zero attached hydrogens (tertiary/aromatic N) is 1. The van der Waals surface area contributed by atoms with Crippen LogP contribution >= 0.6 is 0 Å². The van der Waals surface area contributed by atoms with Crippen LogP contribution in [0.1, 0.15) is 48.8 Å². The smallest absolute Gasteiger partial charge is 0.309 e. The number of fused-ring (bicyclic) bond motifs is 1. The number of aryl methyl sites for hydroxylation is 2. The van der Waals surface area contributed by atoms with Crippen molar-refractivity contribution in [2.45, 2.75) is 58.5 Å². The van der Waals surface area contributed by atoms with E-state index in [1.165, 1.54) is 16.7 Å². The van der Waals surface area contributed by atoms with Crippen LogP contribution in [0.3, 0.4) is 0 Å². The van der Waals surface area contributed by atoms with Gasteiger partial charge in [0.2, 0.25) is 0 Å². The third-order valence-electron chi connectivity index (χ3n) is 6.08. The summed E-state index contributed by atoms with van der Waals surface area (Å²) >= 11 is 0. The molecule has 2 fully saturated rings. The number of hydrogen-bond acceptors (Lipinski definition) is 2. The van der Waals surface area contributed by atoms with E-state index < -0.39 is 11.4 Å². The summed E-state index contributed by atoms with van der Waals surface area (Å²) in [5.74, 6) is -0.172. The summed E-state index contributed by atoms with van der Waals surface area (Å²) in [5.41, 5.74) is 3.55. The van der Waals surface area contributed by atoms with Gasteiger partial charge in [0.25, 0.3) is 0 Å². The van der Waals surface area contributed by atoms with Crippen molar-refractivity contribution in [1.82, 2.24) is 4.90 Å². The summed E-state index contributed by atoms with van der Waals surface area (Å²) in [5, 5.41) is 9.72. The van der Waals surface area contributed by atoms with Crippen LogP contribution in [0.4, 0.5) is 0 Å². The van der Waals surface area contributed by atoms with E-state index >= 15 is 0 Å². The second kappa shape index (κ2) is 5.69. The van der Waals surface area contributed by atoms with E-state index in [9.17, 15) is 9.90 Å². The predicted octanol–water partition coefficient (Wildman–Crippen LogP) is 3.77. The minimum Gasteiger partial charge on any atom is -0.481 e. The van der Waals surface area contributed by atoms with Gasteiger partial charge in [-0.3, -0.25) is 9.69 Å². The molecule has 0 saturated heterocycles. The van der Waals surface area contributed by atoms with Crippen LogP contribution in [-0.4, -0.2) is 29.1 Å². The van der Waals surface area contributed by atoms with Crippen molar-refractivity contribution in [2.75, 3.05) is 7.05 Å². The third kappa shape index (κ3) is 2.56. The van der Waals surface area contributed by atoms with Gasteiger partial charge in [-0.2, -0.15) is 0 Å². The highest BCUT2D eigenvalue weighted by Crippen LogP contribution is 2.55. The van der Waals surface area contributed by atoms with Gasteiger partial charge < -0.3 is 5.11 Å². The molecule has 1 aromatic carbocycles. The zero-order valence-electron chi connectivity index (χ0n) is 13.9. The first-order chi connectivity index (χ1) is 10.4. The fraction of sp³-hybridized carbons (Fsp3) is 0.632. The molecular weight excluding hydrogens is 274 g/mol. The first kappa shape index (κ1) is 15.5. The predicted molar refractivity (Wildman–Crippen MR) is 87.8 cm³/mol. The Balaban J connectivity index is 1.71. The largest absolute Gasteiger partial charge is 0.481 e. The summed E-state index contributed by atoms with van der Waals surface area (Å²) in [7, 11) is 2.15. The second-order valence-electron chi connectivity index (χ2n) is 7.49. The van der Waals surface area contributed by atoms with E-state index in [0.717, 1.165) is 38.6 Å². The molecule has 3 atom stereocenters. The molecule has 3 heteroatoms. The van der Waals surface area contributed by atoms with Crippen molar-refractivity contribution in [3.05, 3.63) is 34.9 Å². The van der Waals surface area contributed by atoms with E-state index in [-0.39, 0.29) is 0 Å². The second-order valence-corrected chi connectivity index (χ2v) is 7.49. The average Bonchev–Trinajstić information content (AvgIpc) is 2.99. The molecule has 0 radical (unpaired) electrons. The Hall–Kier alpha value is -1.35. The number of rotatable bonds is 4. The SMILES string of the molecule is Cc1ccc(CN(C)C2CC3CCCC3(C(=O)O)C2)c(C)c1. The maximum atomic E-state index is 11.8. The summed E-state index contributed by atoms with van der Waals surface area (Å²) in [6.45, 7) is 5.20. The van der Waals surface area contributed by atoms with E-state index in [1.807, 2.05) is 0 Å². The zero-order valence-corrected chi connectivity index (χ0v) is 13.9. The molecule has 1 aromatic rings. The lowest BCUT2D eigenvalue weighted by atomic mass is 9.80. The number of carboxylic acid groups (broad SMARTS) is 1. The van der Waals surface area contributed by atoms with Crippen molar-refractivity contribution in [3.63, 3.8) is 0 Å². The highest BCUT2D eigenvalue weighted by atomic mass is 16.4. The summed E-state index contributed by atoms with van der Waals surface area (Å²) < 4.78 is 0. The molecule has 0 aromatic heterocycles. The Bertz CT molecular complexity index is 583. The van der Waals surface area contributed by atoms with Crippen molar-refractivity contribution < 1.29 is 9.90 Å². The van der Waals surface area contributed by atoms with E-state index in [0.29, 0.717) is 12.0 Å². The quantitative estimate of drug-likeness (QED) is 0.920. The lowest BCUT2D eigenvalue weighted by Crippen LogP contribution is -2.34. The van der Waals surface area contributed by atoms with Crippen molar-refractivity contribution >= 4 is 5.97 Å². The van der Waals surface area contributed by atoms with E-state index in [4.69, 9.17) is 0 Å². The first-order valence-corrected chi connectivity index (χ1v) is 8.42. The Morgan fingerprint density at radius 3 is 2.82 bits per heavy atom. The van der Waals surface area contributed by atoms with Gasteiger partial charge in [-0.25, -0.2) is 0 Å². The standard InChI is InChI=1S/C19H27NO2/c1-13-6-7-15(14(2)9-13)12-20(3)17-10-16-5-4-8-19(16,11-17)18(21)22/h6-7,9,16-17H,4-5,8,10-12H2,1-3H3,(H,21,22). The molecule has 1 N–H and O–H groups in total. The van der Waals surface area contributed by atoms with Gasteiger partial charge in [0, 0.05) is 12.6 Å². The zero-order chi connectivity index (χ0) is 15.9. The molecule has 22 heavy (non-hydrogen) atoms. The molecule has 120 valence electrons. The Morgan fingerprint density at radius 1 is 1.41 bits per heavy atom. The minimum absolute atomic E-state index is 0.386. The lowest BCUT2D eigenvalue weighted by Gasteiger charge is -2.27. The molecular formula is C19H27NO2. The molecule has 0 bridgehead atoms. The molecule has 2 aliphatic rings. The normalized spacial score (nSPS) is 30.7. The number of hydrogen-bond donors (Lipinski definition) is 1. The summed E-state index contributed by atoms with van der Waals surface area (Å²) in [6.07, 6.45) is 4.94. The highest BCUT2D eigenvalue weighted by molar-refractivity contribution is 5.76. The summed E-state index contributed by atoms with van der Waals surface area (Å²) in [4.78, 5) is 14.2. The lowest BCUT2D eigenvalue weighted by molar-refractivity contribution is -0.150. The van der Waals surface area contributed by atoms with Gasteiger partial charge in [0.1, 0.15) is 0 Å². The Labute approximate surface area is 133 Å². The topological polar surface area (TPSA) is 40.5 Å². The number of carbonyl (C=O) groups is 1. The number of aliphatic carboxylic acids is 1. The van der Waals surface area contributed by atoms with Gasteiger partial charge in [0.05, 0.1) is 5.41 Å². The van der Waals surface area contributed by atoms with Crippen LogP contribution in [-0.2, 0) is 11.3 Å². The van der Waals surface area contributed by atoms with Crippen LogP contribution in [0.25, 0.3) is 0 Å². The first-order valence-electron chi connectivity index (χ1n) is 8.42. The van der Waals surface area contributed by atoms with Gasteiger partial charge in [-0.1, -0.05) is 30.2 Å². The number of benzene rings is 1. The van der Waals surface area contributed by atoms with Gasteiger partial charge in [-0.15, -0.1) is 0 Å². The molecule has 2 saturated carbocycles. The van der Waals surface area contributed by atoms with Crippen molar-refractivity contribution in [3.8, 4) is 0 Å². The molecule has 0 heterocycles.